The highest BCUT2D eigenvalue weighted by Gasteiger charge is 2.32. The Bertz CT molecular complexity index is 881. The largest absolute Gasteiger partial charge is 0.368 e. The Morgan fingerprint density at radius 2 is 2.00 bits per heavy atom. The molecule has 0 radical (unpaired) electrons. The Balaban J connectivity index is 1.57. The zero-order valence-corrected chi connectivity index (χ0v) is 16.9. The number of benzene rings is 1. The summed E-state index contributed by atoms with van der Waals surface area (Å²) < 4.78 is 13.8. The Morgan fingerprint density at radius 3 is 2.76 bits per heavy atom. The smallest absolute Gasteiger partial charge is 0.225 e. The van der Waals surface area contributed by atoms with Gasteiger partial charge in [-0.2, -0.15) is 0 Å². The number of nitrogens with two attached hydrogens (primary N) is 1. The fourth-order valence-electron chi connectivity index (χ4n) is 4.51. The minimum atomic E-state index is -0.298. The minimum absolute atomic E-state index is 0.0718. The zero-order valence-electron chi connectivity index (χ0n) is 16.9. The van der Waals surface area contributed by atoms with Crippen LogP contribution < -0.4 is 5.73 Å². The molecule has 154 valence electrons. The number of halogens is 1. The van der Waals surface area contributed by atoms with Crippen molar-refractivity contribution in [3.8, 4) is 11.1 Å². The van der Waals surface area contributed by atoms with Crippen molar-refractivity contribution < 1.29 is 9.18 Å². The fourth-order valence-corrected chi connectivity index (χ4v) is 4.51. The van der Waals surface area contributed by atoms with E-state index in [0.717, 1.165) is 62.1 Å². The van der Waals surface area contributed by atoms with Gasteiger partial charge in [-0.1, -0.05) is 12.1 Å². The number of anilines is 1. The molecule has 2 aliphatic heterocycles. The van der Waals surface area contributed by atoms with Gasteiger partial charge in [-0.25, -0.2) is 14.4 Å². The summed E-state index contributed by atoms with van der Waals surface area (Å²) in [7, 11) is 2.10. The van der Waals surface area contributed by atoms with Crippen molar-refractivity contribution in [1.29, 1.82) is 0 Å². The van der Waals surface area contributed by atoms with Gasteiger partial charge in [0.1, 0.15) is 5.82 Å². The number of piperidine rings is 2. The maximum Gasteiger partial charge on any atom is 0.225 e. The average molecular weight is 397 g/mol. The molecule has 6 nitrogen and oxygen atoms in total. The maximum absolute atomic E-state index is 13.8. The summed E-state index contributed by atoms with van der Waals surface area (Å²) in [6, 6.07) is 6.44. The van der Waals surface area contributed by atoms with Gasteiger partial charge in [-0.05, 0) is 63.5 Å². The van der Waals surface area contributed by atoms with Crippen LogP contribution in [0.1, 0.15) is 37.3 Å². The highest BCUT2D eigenvalue weighted by atomic mass is 19.1. The molecule has 2 fully saturated rings. The predicted octanol–water partition coefficient (Wildman–Crippen LogP) is 2.91. The Hall–Kier alpha value is -2.54. The van der Waals surface area contributed by atoms with Crippen molar-refractivity contribution in [3.63, 3.8) is 0 Å². The number of rotatable bonds is 3. The first-order chi connectivity index (χ1) is 14.0. The summed E-state index contributed by atoms with van der Waals surface area (Å²) in [5.41, 5.74) is 8.22. The molecular formula is C22H28FN5O. The highest BCUT2D eigenvalue weighted by Crippen LogP contribution is 2.34. The standard InChI is InChI=1S/C22H28FN5O/c1-27-10-7-15(8-11-27)21(29)28-9-3-5-17(14-28)20-19(13-25-22(24)26-20)16-4-2-6-18(23)12-16/h2,4,6,12-13,15,17H,3,5,7-11,14H2,1H3,(H2,24,25,26). The van der Waals surface area contributed by atoms with Gasteiger partial charge in [0.05, 0.1) is 5.69 Å². The second kappa shape index (κ2) is 8.45. The van der Waals surface area contributed by atoms with E-state index in [4.69, 9.17) is 5.73 Å². The van der Waals surface area contributed by atoms with Crippen molar-refractivity contribution in [2.45, 2.75) is 31.6 Å². The lowest BCUT2D eigenvalue weighted by molar-refractivity contribution is -0.138. The van der Waals surface area contributed by atoms with E-state index >= 15 is 0 Å². The lowest BCUT2D eigenvalue weighted by Crippen LogP contribution is -2.45. The number of likely N-dealkylation sites (tertiary alicyclic amines) is 2. The summed E-state index contributed by atoms with van der Waals surface area (Å²) in [6.07, 6.45) is 5.37. The van der Waals surface area contributed by atoms with Crippen LogP contribution in [0.15, 0.2) is 30.5 Å². The molecule has 1 unspecified atom stereocenters. The van der Waals surface area contributed by atoms with Crippen LogP contribution in [0.5, 0.6) is 0 Å². The van der Waals surface area contributed by atoms with E-state index in [1.165, 1.54) is 12.1 Å². The van der Waals surface area contributed by atoms with Gasteiger partial charge in [0, 0.05) is 36.7 Å². The second-order valence-electron chi connectivity index (χ2n) is 8.24. The van der Waals surface area contributed by atoms with E-state index in [2.05, 4.69) is 21.9 Å². The quantitative estimate of drug-likeness (QED) is 0.862. The van der Waals surface area contributed by atoms with Crippen LogP contribution in [-0.2, 0) is 4.79 Å². The molecule has 2 aromatic rings. The number of aromatic nitrogens is 2. The number of carbonyl (C=O) groups excluding carboxylic acids is 1. The molecular weight excluding hydrogens is 369 g/mol. The molecule has 7 heteroatoms. The summed E-state index contributed by atoms with van der Waals surface area (Å²) in [5, 5.41) is 0. The molecule has 0 aliphatic carbocycles. The number of carbonyl (C=O) groups is 1. The van der Waals surface area contributed by atoms with E-state index in [1.807, 2.05) is 11.0 Å². The van der Waals surface area contributed by atoms with Gasteiger partial charge in [-0.15, -0.1) is 0 Å². The van der Waals surface area contributed by atoms with Crippen LogP contribution in [-0.4, -0.2) is 58.9 Å². The molecule has 2 N–H and O–H groups in total. The van der Waals surface area contributed by atoms with Gasteiger partial charge >= 0.3 is 0 Å². The first kappa shape index (κ1) is 19.8. The molecule has 1 amide bonds. The average Bonchev–Trinajstić information content (AvgIpc) is 2.74. The Kier molecular flexibility index (Phi) is 5.76. The highest BCUT2D eigenvalue weighted by molar-refractivity contribution is 5.79. The van der Waals surface area contributed by atoms with E-state index in [0.29, 0.717) is 6.54 Å². The minimum Gasteiger partial charge on any atom is -0.368 e. The molecule has 0 saturated carbocycles. The summed E-state index contributed by atoms with van der Waals surface area (Å²) in [6.45, 7) is 3.36. The number of nitrogen functional groups attached to an aromatic ring is 1. The van der Waals surface area contributed by atoms with Gasteiger partial charge in [0.15, 0.2) is 0 Å². The Morgan fingerprint density at radius 1 is 1.21 bits per heavy atom. The number of hydrogen-bond donors (Lipinski definition) is 1. The number of hydrogen-bond acceptors (Lipinski definition) is 5. The second-order valence-corrected chi connectivity index (χ2v) is 8.24. The summed E-state index contributed by atoms with van der Waals surface area (Å²) in [4.78, 5) is 26.0. The molecule has 0 spiro atoms. The fraction of sp³-hybridized carbons (Fsp3) is 0.500. The van der Waals surface area contributed by atoms with Crippen molar-refractivity contribution >= 4 is 11.9 Å². The van der Waals surface area contributed by atoms with Crippen LogP contribution in [0, 0.1) is 11.7 Å². The van der Waals surface area contributed by atoms with Crippen molar-refractivity contribution in [1.82, 2.24) is 19.8 Å². The van der Waals surface area contributed by atoms with Crippen molar-refractivity contribution in [2.75, 3.05) is 39.0 Å². The predicted molar refractivity (Wildman–Crippen MR) is 111 cm³/mol. The van der Waals surface area contributed by atoms with Gasteiger partial charge < -0.3 is 15.5 Å². The topological polar surface area (TPSA) is 75.4 Å². The molecule has 4 rings (SSSR count). The monoisotopic (exact) mass is 397 g/mol. The van der Waals surface area contributed by atoms with Crippen molar-refractivity contribution in [2.24, 2.45) is 5.92 Å². The van der Waals surface area contributed by atoms with Crippen molar-refractivity contribution in [3.05, 3.63) is 42.0 Å². The third-order valence-electron chi connectivity index (χ3n) is 6.16. The van der Waals surface area contributed by atoms with Crippen LogP contribution >= 0.6 is 0 Å². The van der Waals surface area contributed by atoms with E-state index in [9.17, 15) is 9.18 Å². The molecule has 1 atom stereocenters. The van der Waals surface area contributed by atoms with Crippen LogP contribution in [0.3, 0.4) is 0 Å². The van der Waals surface area contributed by atoms with E-state index in [-0.39, 0.29) is 29.5 Å². The SMILES string of the molecule is CN1CCC(C(=O)N2CCCC(c3nc(N)ncc3-c3cccc(F)c3)C2)CC1. The normalized spacial score (nSPS) is 21.3. The van der Waals surface area contributed by atoms with Gasteiger partial charge in [-0.3, -0.25) is 4.79 Å². The molecule has 1 aromatic heterocycles. The van der Waals surface area contributed by atoms with Gasteiger partial charge in [0.25, 0.3) is 0 Å². The summed E-state index contributed by atoms with van der Waals surface area (Å²) in [5.74, 6) is 0.356. The maximum atomic E-state index is 13.8. The van der Waals surface area contributed by atoms with Crippen LogP contribution in [0.4, 0.5) is 10.3 Å². The molecule has 0 bridgehead atoms. The first-order valence-electron chi connectivity index (χ1n) is 10.4. The third kappa shape index (κ3) is 4.40. The number of amides is 1. The molecule has 3 heterocycles. The Labute approximate surface area is 170 Å². The summed E-state index contributed by atoms with van der Waals surface area (Å²) >= 11 is 0. The molecule has 2 aliphatic rings. The lowest BCUT2D eigenvalue weighted by atomic mass is 9.88. The third-order valence-corrected chi connectivity index (χ3v) is 6.16. The van der Waals surface area contributed by atoms with Gasteiger partial charge in [0.2, 0.25) is 11.9 Å². The van der Waals surface area contributed by atoms with Crippen LogP contribution in [0.2, 0.25) is 0 Å². The van der Waals surface area contributed by atoms with E-state index in [1.54, 1.807) is 12.3 Å². The number of nitrogens with zero attached hydrogens (tertiary/aromatic N) is 4. The van der Waals surface area contributed by atoms with E-state index < -0.39 is 0 Å². The lowest BCUT2D eigenvalue weighted by Gasteiger charge is -2.37. The zero-order chi connectivity index (χ0) is 20.4. The van der Waals surface area contributed by atoms with Crippen LogP contribution in [0.25, 0.3) is 11.1 Å². The molecule has 29 heavy (non-hydrogen) atoms. The molecule has 2 saturated heterocycles. The first-order valence-corrected chi connectivity index (χ1v) is 10.4. The molecule has 1 aromatic carbocycles.